The average molecular weight is 279 g/mol. The number of aromatic nitrogens is 2. The van der Waals surface area contributed by atoms with Crippen molar-refractivity contribution in [2.75, 3.05) is 13.1 Å². The Hall–Kier alpha value is -1.36. The molecule has 0 amide bonds. The third-order valence-electron chi connectivity index (χ3n) is 3.88. The molecular formula is C15H25N3O2. The molecule has 1 fully saturated rings. The van der Waals surface area contributed by atoms with Gasteiger partial charge in [-0.2, -0.15) is 5.10 Å². The Morgan fingerprint density at radius 2 is 2.00 bits per heavy atom. The van der Waals surface area contributed by atoms with Gasteiger partial charge >= 0.3 is 5.97 Å². The van der Waals surface area contributed by atoms with E-state index in [1.54, 1.807) is 4.68 Å². The van der Waals surface area contributed by atoms with E-state index in [0.29, 0.717) is 0 Å². The van der Waals surface area contributed by atoms with Crippen molar-refractivity contribution in [3.8, 4) is 0 Å². The van der Waals surface area contributed by atoms with Gasteiger partial charge in [-0.3, -0.25) is 14.4 Å². The second-order valence-electron chi connectivity index (χ2n) is 6.71. The number of aliphatic carboxylic acids is 1. The van der Waals surface area contributed by atoms with Gasteiger partial charge in [-0.1, -0.05) is 20.8 Å². The van der Waals surface area contributed by atoms with Crippen LogP contribution in [0.15, 0.2) is 6.20 Å². The molecule has 1 aromatic rings. The van der Waals surface area contributed by atoms with Crippen LogP contribution >= 0.6 is 0 Å². The van der Waals surface area contributed by atoms with Crippen LogP contribution in [-0.4, -0.2) is 38.8 Å². The highest BCUT2D eigenvalue weighted by Crippen LogP contribution is 2.34. The maximum Gasteiger partial charge on any atom is 0.305 e. The number of rotatable bonds is 4. The molecule has 0 radical (unpaired) electrons. The number of nitrogens with zero attached hydrogens (tertiary/aromatic N) is 3. The van der Waals surface area contributed by atoms with Crippen molar-refractivity contribution in [3.05, 3.63) is 17.5 Å². The van der Waals surface area contributed by atoms with Gasteiger partial charge in [-0.25, -0.2) is 0 Å². The minimum atomic E-state index is -0.745. The highest BCUT2D eigenvalue weighted by atomic mass is 16.4. The van der Waals surface area contributed by atoms with Crippen LogP contribution < -0.4 is 0 Å². The molecule has 0 aromatic carbocycles. The molecule has 0 spiro atoms. The van der Waals surface area contributed by atoms with E-state index in [2.05, 4.69) is 30.8 Å². The molecule has 1 unspecified atom stereocenters. The van der Waals surface area contributed by atoms with Crippen LogP contribution in [0.3, 0.4) is 0 Å². The number of hydrogen-bond donors (Lipinski definition) is 1. The van der Waals surface area contributed by atoms with E-state index in [9.17, 15) is 9.90 Å². The van der Waals surface area contributed by atoms with Crippen LogP contribution in [0.5, 0.6) is 0 Å². The average Bonchev–Trinajstić information content (AvgIpc) is 2.93. The molecule has 112 valence electrons. The smallest absolute Gasteiger partial charge is 0.305 e. The van der Waals surface area contributed by atoms with E-state index < -0.39 is 5.97 Å². The Balaban J connectivity index is 2.39. The molecule has 0 saturated carbocycles. The third-order valence-corrected chi connectivity index (χ3v) is 3.88. The molecule has 0 aliphatic carbocycles. The van der Waals surface area contributed by atoms with Gasteiger partial charge in [-0.05, 0) is 25.9 Å². The van der Waals surface area contributed by atoms with E-state index in [-0.39, 0.29) is 17.9 Å². The number of likely N-dealkylation sites (tertiary alicyclic amines) is 1. The summed E-state index contributed by atoms with van der Waals surface area (Å²) in [7, 11) is 1.90. The minimum Gasteiger partial charge on any atom is -0.481 e. The molecule has 1 saturated heterocycles. The van der Waals surface area contributed by atoms with Gasteiger partial charge in [0, 0.05) is 30.3 Å². The molecule has 1 aliphatic rings. The molecule has 0 bridgehead atoms. The maximum absolute atomic E-state index is 11.3. The predicted octanol–water partition coefficient (Wildman–Crippen LogP) is 2.33. The lowest BCUT2D eigenvalue weighted by molar-refractivity contribution is -0.138. The third kappa shape index (κ3) is 3.20. The van der Waals surface area contributed by atoms with E-state index in [1.165, 1.54) is 0 Å². The van der Waals surface area contributed by atoms with Crippen molar-refractivity contribution in [2.24, 2.45) is 7.05 Å². The normalized spacial score (nSPS) is 18.4. The molecule has 1 aliphatic heterocycles. The van der Waals surface area contributed by atoms with Gasteiger partial charge in [0.2, 0.25) is 0 Å². The standard InChI is InChI=1S/C15H25N3O2/c1-15(2,3)14-11(10-17(4)16-14)12(9-13(19)20)18-7-5-6-8-18/h10,12H,5-9H2,1-4H3,(H,19,20). The van der Waals surface area contributed by atoms with Crippen LogP contribution in [-0.2, 0) is 17.3 Å². The van der Waals surface area contributed by atoms with Crippen LogP contribution in [0.2, 0.25) is 0 Å². The molecule has 20 heavy (non-hydrogen) atoms. The fraction of sp³-hybridized carbons (Fsp3) is 0.733. The lowest BCUT2D eigenvalue weighted by Gasteiger charge is -2.28. The Bertz CT molecular complexity index is 482. The number of carboxylic acids is 1. The van der Waals surface area contributed by atoms with Crippen molar-refractivity contribution in [1.29, 1.82) is 0 Å². The summed E-state index contributed by atoms with van der Waals surface area (Å²) in [5.74, 6) is -0.745. The molecule has 1 atom stereocenters. The lowest BCUT2D eigenvalue weighted by Crippen LogP contribution is -2.29. The molecule has 1 N–H and O–H groups in total. The van der Waals surface area contributed by atoms with Crippen LogP contribution in [0.25, 0.3) is 0 Å². The van der Waals surface area contributed by atoms with Gasteiger partial charge in [0.15, 0.2) is 0 Å². The summed E-state index contributed by atoms with van der Waals surface area (Å²) in [6.45, 7) is 8.34. The number of carbonyl (C=O) groups is 1. The molecular weight excluding hydrogens is 254 g/mol. The van der Waals surface area contributed by atoms with E-state index in [0.717, 1.165) is 37.2 Å². The highest BCUT2D eigenvalue weighted by Gasteiger charge is 2.32. The number of carboxylic acid groups (broad SMARTS) is 1. The lowest BCUT2D eigenvalue weighted by atomic mass is 9.86. The minimum absolute atomic E-state index is 0.0575. The Morgan fingerprint density at radius 3 is 2.50 bits per heavy atom. The first kappa shape index (κ1) is 15.0. The fourth-order valence-corrected chi connectivity index (χ4v) is 2.99. The van der Waals surface area contributed by atoms with Crippen molar-refractivity contribution in [3.63, 3.8) is 0 Å². The molecule has 5 heteroatoms. The Labute approximate surface area is 120 Å². The maximum atomic E-state index is 11.3. The van der Waals surface area contributed by atoms with Gasteiger partial charge in [0.05, 0.1) is 12.1 Å². The SMILES string of the molecule is Cn1cc(C(CC(=O)O)N2CCCC2)c(C(C)(C)C)n1. The quantitative estimate of drug-likeness (QED) is 0.919. The first-order chi connectivity index (χ1) is 9.29. The Morgan fingerprint density at radius 1 is 1.40 bits per heavy atom. The molecule has 5 nitrogen and oxygen atoms in total. The monoisotopic (exact) mass is 279 g/mol. The summed E-state index contributed by atoms with van der Waals surface area (Å²) in [5, 5.41) is 13.8. The van der Waals surface area contributed by atoms with Gasteiger partial charge in [0.1, 0.15) is 0 Å². The zero-order chi connectivity index (χ0) is 14.9. The van der Waals surface area contributed by atoms with Crippen molar-refractivity contribution in [1.82, 2.24) is 14.7 Å². The van der Waals surface area contributed by atoms with Crippen LogP contribution in [0.1, 0.15) is 57.3 Å². The zero-order valence-electron chi connectivity index (χ0n) is 12.9. The second kappa shape index (κ2) is 5.56. The number of aryl methyl sites for hydroxylation is 1. The topological polar surface area (TPSA) is 58.4 Å². The zero-order valence-corrected chi connectivity index (χ0v) is 12.9. The van der Waals surface area contributed by atoms with Crippen molar-refractivity contribution < 1.29 is 9.90 Å². The predicted molar refractivity (Wildman–Crippen MR) is 77.7 cm³/mol. The summed E-state index contributed by atoms with van der Waals surface area (Å²) in [6, 6.07) is -0.0575. The van der Waals surface area contributed by atoms with E-state index in [1.807, 2.05) is 13.2 Å². The summed E-state index contributed by atoms with van der Waals surface area (Å²) < 4.78 is 1.81. The summed E-state index contributed by atoms with van der Waals surface area (Å²) in [4.78, 5) is 13.5. The summed E-state index contributed by atoms with van der Waals surface area (Å²) >= 11 is 0. The molecule has 2 heterocycles. The number of hydrogen-bond acceptors (Lipinski definition) is 3. The van der Waals surface area contributed by atoms with Crippen molar-refractivity contribution in [2.45, 2.75) is 51.5 Å². The van der Waals surface area contributed by atoms with Crippen molar-refractivity contribution >= 4 is 5.97 Å². The molecule has 1 aromatic heterocycles. The van der Waals surface area contributed by atoms with Gasteiger partial charge < -0.3 is 5.11 Å². The van der Waals surface area contributed by atoms with Crippen LogP contribution in [0, 0.1) is 0 Å². The second-order valence-corrected chi connectivity index (χ2v) is 6.71. The summed E-state index contributed by atoms with van der Waals surface area (Å²) in [5.41, 5.74) is 2.01. The largest absolute Gasteiger partial charge is 0.481 e. The first-order valence-electron chi connectivity index (χ1n) is 7.29. The van der Waals surface area contributed by atoms with E-state index >= 15 is 0 Å². The first-order valence-corrected chi connectivity index (χ1v) is 7.29. The highest BCUT2D eigenvalue weighted by molar-refractivity contribution is 5.68. The fourth-order valence-electron chi connectivity index (χ4n) is 2.99. The van der Waals surface area contributed by atoms with Gasteiger partial charge in [0.25, 0.3) is 0 Å². The van der Waals surface area contributed by atoms with E-state index in [4.69, 9.17) is 0 Å². The molecule has 2 rings (SSSR count). The Kier molecular flexibility index (Phi) is 4.18. The van der Waals surface area contributed by atoms with Crippen LogP contribution in [0.4, 0.5) is 0 Å². The van der Waals surface area contributed by atoms with Gasteiger partial charge in [-0.15, -0.1) is 0 Å². The summed E-state index contributed by atoms with van der Waals surface area (Å²) in [6.07, 6.45) is 4.45.